The maximum Gasteiger partial charge on any atom is 0.238 e. The highest BCUT2D eigenvalue weighted by molar-refractivity contribution is 6.30. The lowest BCUT2D eigenvalue weighted by Crippen LogP contribution is -2.34. The molecule has 26 heavy (non-hydrogen) atoms. The van der Waals surface area contributed by atoms with E-state index in [1.165, 1.54) is 4.90 Å². The number of hydrogen-bond acceptors (Lipinski definition) is 3. The highest BCUT2D eigenvalue weighted by Crippen LogP contribution is 2.35. The zero-order chi connectivity index (χ0) is 19.1. The van der Waals surface area contributed by atoms with Gasteiger partial charge in [0.05, 0.1) is 11.6 Å². The Morgan fingerprint density at radius 2 is 1.77 bits per heavy atom. The molecular formula is C21H28ClNO3. The average molecular weight is 378 g/mol. The molecule has 1 aliphatic rings. The number of halogens is 1. The van der Waals surface area contributed by atoms with Crippen molar-refractivity contribution in [2.45, 2.75) is 65.2 Å². The Balaban J connectivity index is 2.17. The fourth-order valence-corrected chi connectivity index (χ4v) is 3.70. The van der Waals surface area contributed by atoms with Crippen molar-refractivity contribution in [1.82, 2.24) is 0 Å². The van der Waals surface area contributed by atoms with Gasteiger partial charge in [-0.2, -0.15) is 0 Å². The molecule has 2 atom stereocenters. The summed E-state index contributed by atoms with van der Waals surface area (Å²) in [5.41, 5.74) is 0.527. The van der Waals surface area contributed by atoms with Gasteiger partial charge in [0.25, 0.3) is 0 Å². The van der Waals surface area contributed by atoms with Gasteiger partial charge >= 0.3 is 0 Å². The molecule has 142 valence electrons. The van der Waals surface area contributed by atoms with E-state index in [-0.39, 0.29) is 29.9 Å². The number of unbranched alkanes of at least 4 members (excludes halogenated alkanes) is 3. The number of ketones is 1. The predicted octanol–water partition coefficient (Wildman–Crippen LogP) is 5.18. The molecule has 0 N–H and O–H groups in total. The molecule has 0 aromatic heterocycles. The van der Waals surface area contributed by atoms with Gasteiger partial charge in [0, 0.05) is 23.8 Å². The van der Waals surface area contributed by atoms with Gasteiger partial charge in [0.15, 0.2) is 0 Å². The molecule has 1 saturated heterocycles. The largest absolute Gasteiger partial charge is 0.299 e. The van der Waals surface area contributed by atoms with Crippen LogP contribution in [-0.2, 0) is 14.4 Å². The summed E-state index contributed by atoms with van der Waals surface area (Å²) in [4.78, 5) is 39.4. The summed E-state index contributed by atoms with van der Waals surface area (Å²) in [5, 5.41) is 0.552. The number of rotatable bonds is 10. The molecule has 5 heteroatoms. The van der Waals surface area contributed by atoms with Gasteiger partial charge in [-0.1, -0.05) is 51.1 Å². The maximum absolute atomic E-state index is 13.0. The van der Waals surface area contributed by atoms with E-state index in [9.17, 15) is 14.4 Å². The van der Waals surface area contributed by atoms with E-state index in [4.69, 9.17) is 11.6 Å². The zero-order valence-electron chi connectivity index (χ0n) is 15.7. The van der Waals surface area contributed by atoms with Crippen LogP contribution >= 0.6 is 11.6 Å². The first kappa shape index (κ1) is 20.6. The molecule has 1 aromatic carbocycles. The Kier molecular flexibility index (Phi) is 7.83. The van der Waals surface area contributed by atoms with E-state index in [0.29, 0.717) is 23.6 Å². The van der Waals surface area contributed by atoms with Crippen LogP contribution < -0.4 is 4.90 Å². The van der Waals surface area contributed by atoms with Gasteiger partial charge < -0.3 is 0 Å². The summed E-state index contributed by atoms with van der Waals surface area (Å²) in [6, 6.07) is 6.67. The standard InChI is InChI=1S/C21H28ClNO3/c1-3-5-7-9-19(24)17(8-6-4-2)18-14-20(25)23(21(18)26)16-12-10-15(22)11-13-16/h10-13,17-18H,3-9,14H2,1-2H3. The summed E-state index contributed by atoms with van der Waals surface area (Å²) in [6.45, 7) is 4.17. The van der Waals surface area contributed by atoms with Gasteiger partial charge in [0.2, 0.25) is 11.8 Å². The topological polar surface area (TPSA) is 54.5 Å². The number of Topliss-reactive ketones (excluding diaryl/α,β-unsaturated/α-hetero) is 1. The number of amides is 2. The Morgan fingerprint density at radius 3 is 2.38 bits per heavy atom. The molecule has 0 aliphatic carbocycles. The highest BCUT2D eigenvalue weighted by atomic mass is 35.5. The van der Waals surface area contributed by atoms with E-state index in [1.807, 2.05) is 0 Å². The molecule has 2 unspecified atom stereocenters. The van der Waals surface area contributed by atoms with Crippen molar-refractivity contribution < 1.29 is 14.4 Å². The molecular weight excluding hydrogens is 350 g/mol. The summed E-state index contributed by atoms with van der Waals surface area (Å²) in [5.74, 6) is -1.22. The first-order valence-corrected chi connectivity index (χ1v) is 10.0. The minimum absolute atomic E-state index is 0.120. The summed E-state index contributed by atoms with van der Waals surface area (Å²) < 4.78 is 0. The summed E-state index contributed by atoms with van der Waals surface area (Å²) >= 11 is 5.90. The number of benzene rings is 1. The average Bonchev–Trinajstić information content (AvgIpc) is 2.91. The van der Waals surface area contributed by atoms with Crippen LogP contribution in [0.3, 0.4) is 0 Å². The molecule has 0 radical (unpaired) electrons. The first-order chi connectivity index (χ1) is 12.5. The second-order valence-corrected chi connectivity index (χ2v) is 7.46. The van der Waals surface area contributed by atoms with Crippen molar-refractivity contribution >= 4 is 34.9 Å². The van der Waals surface area contributed by atoms with Crippen molar-refractivity contribution in [3.63, 3.8) is 0 Å². The number of nitrogens with zero attached hydrogens (tertiary/aromatic N) is 1. The molecule has 0 saturated carbocycles. The lowest BCUT2D eigenvalue weighted by molar-refractivity contribution is -0.131. The second kappa shape index (κ2) is 9.86. The Bertz CT molecular complexity index is 641. The van der Waals surface area contributed by atoms with Crippen molar-refractivity contribution in [2.24, 2.45) is 11.8 Å². The minimum atomic E-state index is -0.529. The molecule has 2 amide bonds. The number of carbonyl (C=O) groups is 3. The van der Waals surface area contributed by atoms with Gasteiger partial charge in [-0.3, -0.25) is 19.3 Å². The minimum Gasteiger partial charge on any atom is -0.299 e. The van der Waals surface area contributed by atoms with E-state index < -0.39 is 5.92 Å². The molecule has 2 rings (SSSR count). The van der Waals surface area contributed by atoms with Crippen LogP contribution in [0.2, 0.25) is 5.02 Å². The fourth-order valence-electron chi connectivity index (χ4n) is 3.58. The molecule has 1 fully saturated rings. The fraction of sp³-hybridized carbons (Fsp3) is 0.571. The molecule has 1 heterocycles. The third-order valence-corrected chi connectivity index (χ3v) is 5.31. The van der Waals surface area contributed by atoms with Crippen molar-refractivity contribution in [3.05, 3.63) is 29.3 Å². The zero-order valence-corrected chi connectivity index (χ0v) is 16.4. The van der Waals surface area contributed by atoms with Crippen molar-refractivity contribution in [2.75, 3.05) is 4.90 Å². The normalized spacial score (nSPS) is 18.4. The monoisotopic (exact) mass is 377 g/mol. The molecule has 4 nitrogen and oxygen atoms in total. The molecule has 1 aliphatic heterocycles. The van der Waals surface area contributed by atoms with E-state index in [0.717, 1.165) is 32.1 Å². The van der Waals surface area contributed by atoms with Gasteiger partial charge in [-0.05, 0) is 37.1 Å². The van der Waals surface area contributed by atoms with Gasteiger partial charge in [-0.15, -0.1) is 0 Å². The van der Waals surface area contributed by atoms with Gasteiger partial charge in [-0.25, -0.2) is 0 Å². The van der Waals surface area contributed by atoms with E-state index in [1.54, 1.807) is 24.3 Å². The number of hydrogen-bond donors (Lipinski definition) is 0. The highest BCUT2D eigenvalue weighted by Gasteiger charge is 2.45. The van der Waals surface area contributed by atoms with Crippen LogP contribution in [0.5, 0.6) is 0 Å². The van der Waals surface area contributed by atoms with Crippen LogP contribution in [0.15, 0.2) is 24.3 Å². The Labute approximate surface area is 160 Å². The molecule has 0 bridgehead atoms. The number of imide groups is 1. The summed E-state index contributed by atoms with van der Waals surface area (Å²) in [7, 11) is 0. The Hall–Kier alpha value is -1.68. The number of carbonyl (C=O) groups excluding carboxylic acids is 3. The van der Waals surface area contributed by atoms with E-state index in [2.05, 4.69) is 13.8 Å². The maximum atomic E-state index is 13.0. The van der Waals surface area contributed by atoms with Crippen molar-refractivity contribution in [3.8, 4) is 0 Å². The summed E-state index contributed by atoms with van der Waals surface area (Å²) in [6.07, 6.45) is 6.08. The molecule has 0 spiro atoms. The van der Waals surface area contributed by atoms with Crippen LogP contribution in [0.4, 0.5) is 5.69 Å². The third kappa shape index (κ3) is 4.94. The Morgan fingerprint density at radius 1 is 1.12 bits per heavy atom. The number of anilines is 1. The predicted molar refractivity (Wildman–Crippen MR) is 104 cm³/mol. The van der Waals surface area contributed by atoms with Crippen LogP contribution in [0.1, 0.15) is 65.2 Å². The first-order valence-electron chi connectivity index (χ1n) is 9.64. The lowest BCUT2D eigenvalue weighted by atomic mass is 9.82. The lowest BCUT2D eigenvalue weighted by Gasteiger charge is -2.21. The third-order valence-electron chi connectivity index (χ3n) is 5.06. The van der Waals surface area contributed by atoms with E-state index >= 15 is 0 Å². The van der Waals surface area contributed by atoms with Crippen molar-refractivity contribution in [1.29, 1.82) is 0 Å². The SMILES string of the molecule is CCCCCC(=O)C(CCCC)C1CC(=O)N(c2ccc(Cl)cc2)C1=O. The smallest absolute Gasteiger partial charge is 0.238 e. The van der Waals surface area contributed by atoms with Crippen LogP contribution in [0, 0.1) is 11.8 Å². The quantitative estimate of drug-likeness (QED) is 0.417. The molecule has 1 aromatic rings. The van der Waals surface area contributed by atoms with Crippen LogP contribution in [0.25, 0.3) is 0 Å². The van der Waals surface area contributed by atoms with Crippen LogP contribution in [-0.4, -0.2) is 17.6 Å². The van der Waals surface area contributed by atoms with Gasteiger partial charge in [0.1, 0.15) is 5.78 Å². The second-order valence-electron chi connectivity index (χ2n) is 7.03.